The average Bonchev–Trinajstić information content (AvgIpc) is 2.14. The number of carbonyl (C=O) groups is 1. The number of esters is 1. The Balaban J connectivity index is 0. The number of ether oxygens (including phenoxy) is 1. The van der Waals surface area contributed by atoms with Gasteiger partial charge in [-0.25, -0.2) is 4.79 Å². The van der Waals surface area contributed by atoms with Crippen molar-refractivity contribution in [1.82, 2.24) is 0 Å². The lowest BCUT2D eigenvalue weighted by molar-refractivity contribution is -0.137. The first-order valence-electron chi connectivity index (χ1n) is 3.62. The molecule has 0 spiro atoms. The van der Waals surface area contributed by atoms with E-state index in [0.717, 1.165) is 0 Å². The van der Waals surface area contributed by atoms with Gasteiger partial charge in [0, 0.05) is 5.57 Å². The minimum absolute atomic E-state index is 0.256. The number of carbonyl (C=O) groups excluding carboxylic acids is 1. The molecule has 0 atom stereocenters. The third-order valence-electron chi connectivity index (χ3n) is 0.824. The second kappa shape index (κ2) is 8.98. The largest absolute Gasteiger partial charge is 0.458 e. The molecule has 0 aromatic rings. The van der Waals surface area contributed by atoms with Gasteiger partial charge >= 0.3 is 18.1 Å². The van der Waals surface area contributed by atoms with Crippen molar-refractivity contribution in [3.05, 3.63) is 37.0 Å². The Morgan fingerprint density at radius 2 is 1.67 bits per heavy atom. The summed E-state index contributed by atoms with van der Waals surface area (Å²) < 4.78 is 45.7. The van der Waals surface area contributed by atoms with E-state index in [-0.39, 0.29) is 12.6 Å². The third-order valence-corrected chi connectivity index (χ3v) is 0.824. The highest BCUT2D eigenvalue weighted by Crippen LogP contribution is 2.08. The molecular weight excluding hydrogens is 216 g/mol. The van der Waals surface area contributed by atoms with Crippen LogP contribution >= 0.6 is 0 Å². The molecule has 0 saturated carbocycles. The van der Waals surface area contributed by atoms with Crippen LogP contribution in [0, 0.1) is 0 Å². The quantitative estimate of drug-likeness (QED) is 0.319. The number of hydrogen-bond donors (Lipinski definition) is 0. The molecule has 0 aliphatic rings. The first-order valence-corrected chi connectivity index (χ1v) is 3.62. The van der Waals surface area contributed by atoms with Crippen LogP contribution in [0.2, 0.25) is 0 Å². The van der Waals surface area contributed by atoms with E-state index in [1.54, 1.807) is 6.92 Å². The minimum Gasteiger partial charge on any atom is -0.458 e. The molecule has 0 aromatic carbocycles. The third kappa shape index (κ3) is 12.4. The van der Waals surface area contributed by atoms with Gasteiger partial charge in [0.05, 0.1) is 0 Å². The summed E-state index contributed by atoms with van der Waals surface area (Å²) in [5.74, 6) is -0.366. The van der Waals surface area contributed by atoms with Crippen molar-refractivity contribution in [3.63, 3.8) is 0 Å². The van der Waals surface area contributed by atoms with Crippen LogP contribution < -0.4 is 0 Å². The molecule has 15 heavy (non-hydrogen) atoms. The zero-order valence-electron chi connectivity index (χ0n) is 8.03. The van der Waals surface area contributed by atoms with Gasteiger partial charge in [0.15, 0.2) is 0 Å². The van der Waals surface area contributed by atoms with Gasteiger partial charge in [-0.05, 0) is 6.92 Å². The fourth-order valence-electron chi connectivity index (χ4n) is 0.258. The van der Waals surface area contributed by atoms with Crippen LogP contribution in [0.25, 0.3) is 0 Å². The van der Waals surface area contributed by atoms with Crippen LogP contribution in [-0.2, 0) is 9.53 Å². The predicted molar refractivity (Wildman–Crippen MR) is 47.4 cm³/mol. The van der Waals surface area contributed by atoms with Crippen LogP contribution in [-0.4, -0.2) is 12.6 Å². The molecule has 0 bridgehead atoms. The lowest BCUT2D eigenvalue weighted by Gasteiger charge is -1.97. The zero-order chi connectivity index (χ0) is 12.4. The Morgan fingerprint density at radius 1 is 1.27 bits per heavy atom. The lowest BCUT2D eigenvalue weighted by atomic mass is 10.4. The van der Waals surface area contributed by atoms with Crippen molar-refractivity contribution in [3.8, 4) is 0 Å². The zero-order valence-corrected chi connectivity index (χ0v) is 8.03. The summed E-state index contributed by atoms with van der Waals surface area (Å²) in [4.78, 5) is 10.5. The van der Waals surface area contributed by atoms with E-state index in [0.29, 0.717) is 5.57 Å². The molecule has 0 amide bonds. The molecule has 0 saturated heterocycles. The second-order valence-electron chi connectivity index (χ2n) is 2.19. The summed E-state index contributed by atoms with van der Waals surface area (Å²) in [6, 6.07) is 0. The highest BCUT2D eigenvalue weighted by Gasteiger charge is 1.99. The Labute approximate surface area is 84.5 Å². The van der Waals surface area contributed by atoms with Gasteiger partial charge in [-0.15, -0.1) is 0 Å². The predicted octanol–water partition coefficient (Wildman–Crippen LogP) is 3.28. The summed E-state index contributed by atoms with van der Waals surface area (Å²) in [5.41, 5.74) is 0.414. The molecule has 6 heteroatoms. The molecule has 0 heterocycles. The van der Waals surface area contributed by atoms with E-state index in [2.05, 4.69) is 17.9 Å². The summed E-state index contributed by atoms with van der Waals surface area (Å²) in [7, 11) is 0. The van der Waals surface area contributed by atoms with Crippen molar-refractivity contribution in [2.24, 2.45) is 0 Å². The average molecular weight is 226 g/mol. The smallest absolute Gasteiger partial charge is 0.334 e. The van der Waals surface area contributed by atoms with E-state index < -0.39 is 12.2 Å². The van der Waals surface area contributed by atoms with E-state index in [9.17, 15) is 22.4 Å². The number of rotatable bonds is 3. The topological polar surface area (TPSA) is 26.3 Å². The summed E-state index contributed by atoms with van der Waals surface area (Å²) in [6.07, 6.45) is -4.30. The Hall–Kier alpha value is -1.59. The molecule has 0 aliphatic carbocycles. The highest BCUT2D eigenvalue weighted by atomic mass is 19.3. The summed E-state index contributed by atoms with van der Waals surface area (Å²) in [6.45, 7) is 8.64. The van der Waals surface area contributed by atoms with Gasteiger partial charge in [0.1, 0.15) is 6.61 Å². The lowest BCUT2D eigenvalue weighted by Crippen LogP contribution is -2.03. The van der Waals surface area contributed by atoms with E-state index in [1.807, 2.05) is 0 Å². The van der Waals surface area contributed by atoms with E-state index in [1.165, 1.54) is 6.08 Å². The first kappa shape index (κ1) is 15.9. The van der Waals surface area contributed by atoms with Gasteiger partial charge in [-0.1, -0.05) is 19.2 Å². The van der Waals surface area contributed by atoms with Gasteiger partial charge in [-0.2, -0.15) is 17.6 Å². The molecule has 0 rings (SSSR count). The normalized spacial score (nSPS) is 8.07. The molecule has 0 aliphatic heterocycles. The van der Waals surface area contributed by atoms with Crippen LogP contribution in [0.3, 0.4) is 0 Å². The molecule has 0 fully saturated rings. The maximum Gasteiger partial charge on any atom is 0.334 e. The van der Waals surface area contributed by atoms with E-state index in [4.69, 9.17) is 0 Å². The summed E-state index contributed by atoms with van der Waals surface area (Å²) >= 11 is 0. The van der Waals surface area contributed by atoms with Crippen LogP contribution in [0.1, 0.15) is 6.92 Å². The first-order chi connectivity index (χ1) is 6.82. The fourth-order valence-corrected chi connectivity index (χ4v) is 0.258. The van der Waals surface area contributed by atoms with Crippen molar-refractivity contribution in [1.29, 1.82) is 0 Å². The van der Waals surface area contributed by atoms with Crippen molar-refractivity contribution in [2.45, 2.75) is 6.92 Å². The van der Waals surface area contributed by atoms with Crippen LogP contribution in [0.15, 0.2) is 37.0 Å². The van der Waals surface area contributed by atoms with Crippen molar-refractivity contribution >= 4 is 5.97 Å². The molecule has 86 valence electrons. The second-order valence-corrected chi connectivity index (χ2v) is 2.19. The Bertz CT molecular complexity index is 253. The molecule has 0 aromatic heterocycles. The Morgan fingerprint density at radius 3 is 1.87 bits per heavy atom. The van der Waals surface area contributed by atoms with E-state index >= 15 is 0 Å². The number of halogens is 4. The molecular formula is C9H10F4O2. The van der Waals surface area contributed by atoms with Gasteiger partial charge in [-0.3, -0.25) is 0 Å². The SMILES string of the molecule is C=CCOC(=O)C(=C)C.FC(F)=C(F)F. The standard InChI is InChI=1S/C7H10O2.C2F4/c1-4-5-9-7(8)6(2)3;3-1(4)2(5)6/h4H,1-2,5H2,3H3;. The van der Waals surface area contributed by atoms with Gasteiger partial charge in [0.25, 0.3) is 0 Å². The summed E-state index contributed by atoms with van der Waals surface area (Å²) in [5, 5.41) is 0. The van der Waals surface area contributed by atoms with Crippen LogP contribution in [0.5, 0.6) is 0 Å². The van der Waals surface area contributed by atoms with Gasteiger partial charge in [0.2, 0.25) is 0 Å². The number of hydrogen-bond acceptors (Lipinski definition) is 2. The molecule has 0 N–H and O–H groups in total. The molecule has 0 radical (unpaired) electrons. The molecule has 0 unspecified atom stereocenters. The monoisotopic (exact) mass is 226 g/mol. The maximum atomic E-state index is 10.5. The van der Waals surface area contributed by atoms with Crippen LogP contribution in [0.4, 0.5) is 17.6 Å². The maximum absolute atomic E-state index is 10.5. The van der Waals surface area contributed by atoms with Crippen molar-refractivity contribution < 1.29 is 27.1 Å². The fraction of sp³-hybridized carbons (Fsp3) is 0.222. The Kier molecular flexibility index (Phi) is 9.50. The van der Waals surface area contributed by atoms with Crippen molar-refractivity contribution in [2.75, 3.05) is 6.61 Å². The minimum atomic E-state index is -2.91. The molecule has 2 nitrogen and oxygen atoms in total. The van der Waals surface area contributed by atoms with Gasteiger partial charge < -0.3 is 4.74 Å². The highest BCUT2D eigenvalue weighted by molar-refractivity contribution is 5.86.